The van der Waals surface area contributed by atoms with Gasteiger partial charge >= 0.3 is 5.97 Å². The van der Waals surface area contributed by atoms with Crippen molar-refractivity contribution in [3.63, 3.8) is 0 Å². The maximum atomic E-state index is 14.7. The molecule has 2 unspecified atom stereocenters. The van der Waals surface area contributed by atoms with Crippen molar-refractivity contribution in [2.45, 2.75) is 19.2 Å². The molecule has 0 fully saturated rings. The largest absolute Gasteiger partial charge is 0.446 e. The molecule has 1 aliphatic carbocycles. The fraction of sp³-hybridized carbons (Fsp3) is 0.190. The van der Waals surface area contributed by atoms with Crippen LogP contribution in [-0.4, -0.2) is 11.3 Å². The van der Waals surface area contributed by atoms with Crippen molar-refractivity contribution < 1.29 is 14.1 Å². The van der Waals surface area contributed by atoms with E-state index in [9.17, 15) is 9.36 Å². The van der Waals surface area contributed by atoms with Crippen LogP contribution in [0.1, 0.15) is 13.8 Å². The molecule has 2 atom stereocenters. The Balaban J connectivity index is 2.33. The molecule has 0 aromatic heterocycles. The molecule has 0 spiro atoms. The Morgan fingerprint density at radius 2 is 1.48 bits per heavy atom. The SMILES string of the molecule is CC(=O)OC1(P(=O)(c2ccccc2)c2ccccc2)C=CC=CC1C. The molecule has 3 nitrogen and oxygen atoms in total. The van der Waals surface area contributed by atoms with Crippen LogP contribution in [0.25, 0.3) is 0 Å². The highest BCUT2D eigenvalue weighted by molar-refractivity contribution is 7.80. The Hall–Kier alpha value is -2.38. The van der Waals surface area contributed by atoms with E-state index in [2.05, 4.69) is 0 Å². The van der Waals surface area contributed by atoms with E-state index in [1.807, 2.05) is 85.8 Å². The summed E-state index contributed by atoms with van der Waals surface area (Å²) in [5.74, 6) is -0.675. The number of benzene rings is 2. The molecule has 0 aliphatic heterocycles. The van der Waals surface area contributed by atoms with Crippen LogP contribution in [-0.2, 0) is 14.1 Å². The van der Waals surface area contributed by atoms with E-state index in [0.717, 1.165) is 0 Å². The van der Waals surface area contributed by atoms with Crippen LogP contribution in [0.2, 0.25) is 0 Å². The lowest BCUT2D eigenvalue weighted by molar-refractivity contribution is -0.148. The highest BCUT2D eigenvalue weighted by Crippen LogP contribution is 2.61. The minimum atomic E-state index is -3.32. The molecule has 2 aromatic carbocycles. The van der Waals surface area contributed by atoms with Gasteiger partial charge in [0.25, 0.3) is 0 Å². The zero-order valence-electron chi connectivity index (χ0n) is 14.3. The van der Waals surface area contributed by atoms with E-state index < -0.39 is 18.5 Å². The van der Waals surface area contributed by atoms with Crippen LogP contribution in [0, 0.1) is 5.92 Å². The van der Waals surface area contributed by atoms with Gasteiger partial charge in [0.2, 0.25) is 0 Å². The van der Waals surface area contributed by atoms with Gasteiger partial charge in [0.15, 0.2) is 12.5 Å². The summed E-state index contributed by atoms with van der Waals surface area (Å²) in [4.78, 5) is 12.0. The standard InChI is InChI=1S/C21H21O3P/c1-17-11-9-10-16-21(17,24-18(2)22)25(23,19-12-5-3-6-13-19)20-14-7-4-8-15-20/h3-17H,1-2H3. The zero-order chi connectivity index (χ0) is 17.9. The number of hydrogen-bond donors (Lipinski definition) is 0. The van der Waals surface area contributed by atoms with E-state index in [4.69, 9.17) is 4.74 Å². The molecule has 25 heavy (non-hydrogen) atoms. The first-order chi connectivity index (χ1) is 12.0. The summed E-state index contributed by atoms with van der Waals surface area (Å²) in [5, 5.41) is 0.111. The van der Waals surface area contributed by atoms with Crippen molar-refractivity contribution in [1.82, 2.24) is 0 Å². The minimum Gasteiger partial charge on any atom is -0.446 e. The number of carbonyl (C=O) groups excluding carboxylic acids is 1. The van der Waals surface area contributed by atoms with Gasteiger partial charge in [-0.25, -0.2) is 0 Å². The molecule has 0 saturated carbocycles. The normalized spacial score (nSPS) is 22.6. The van der Waals surface area contributed by atoms with Crippen LogP contribution >= 0.6 is 7.14 Å². The quantitative estimate of drug-likeness (QED) is 0.617. The third kappa shape index (κ3) is 2.89. The molecule has 4 heteroatoms. The Labute approximate surface area is 148 Å². The second-order valence-corrected chi connectivity index (χ2v) is 9.11. The van der Waals surface area contributed by atoms with E-state index in [-0.39, 0.29) is 5.92 Å². The van der Waals surface area contributed by atoms with E-state index in [0.29, 0.717) is 10.6 Å². The lowest BCUT2D eigenvalue weighted by atomic mass is 9.99. The fourth-order valence-electron chi connectivity index (χ4n) is 3.36. The maximum Gasteiger partial charge on any atom is 0.304 e. The Kier molecular flexibility index (Phi) is 4.78. The molecule has 1 aliphatic rings. The minimum absolute atomic E-state index is 0.229. The van der Waals surface area contributed by atoms with Crippen LogP contribution in [0.3, 0.4) is 0 Å². The molecule has 0 amide bonds. The first-order valence-corrected chi connectivity index (χ1v) is 9.98. The lowest BCUT2D eigenvalue weighted by Gasteiger charge is -2.42. The molecule has 0 heterocycles. The molecule has 3 rings (SSSR count). The fourth-order valence-corrected chi connectivity index (χ4v) is 6.86. The Morgan fingerprint density at radius 1 is 0.960 bits per heavy atom. The Morgan fingerprint density at radius 3 is 1.92 bits per heavy atom. The van der Waals surface area contributed by atoms with E-state index in [1.54, 1.807) is 6.08 Å². The zero-order valence-corrected chi connectivity index (χ0v) is 15.2. The predicted molar refractivity (Wildman–Crippen MR) is 102 cm³/mol. The second-order valence-electron chi connectivity index (χ2n) is 6.16. The summed E-state index contributed by atoms with van der Waals surface area (Å²) < 4.78 is 20.5. The van der Waals surface area contributed by atoms with Crippen molar-refractivity contribution in [3.05, 3.63) is 85.0 Å². The average molecular weight is 352 g/mol. The van der Waals surface area contributed by atoms with Gasteiger partial charge in [-0.15, -0.1) is 0 Å². The van der Waals surface area contributed by atoms with E-state index >= 15 is 0 Å². The predicted octanol–water partition coefficient (Wildman–Crippen LogP) is 4.02. The van der Waals surface area contributed by atoms with Gasteiger partial charge in [-0.3, -0.25) is 4.79 Å². The number of allylic oxidation sites excluding steroid dienone is 2. The van der Waals surface area contributed by atoms with Crippen molar-refractivity contribution in [2.24, 2.45) is 5.92 Å². The monoisotopic (exact) mass is 352 g/mol. The van der Waals surface area contributed by atoms with Crippen molar-refractivity contribution in [3.8, 4) is 0 Å². The number of carbonyl (C=O) groups is 1. The lowest BCUT2D eigenvalue weighted by Crippen LogP contribution is -2.45. The van der Waals surface area contributed by atoms with Crippen molar-refractivity contribution in [2.75, 3.05) is 0 Å². The average Bonchev–Trinajstić information content (AvgIpc) is 2.64. The highest BCUT2D eigenvalue weighted by Gasteiger charge is 2.54. The van der Waals surface area contributed by atoms with Crippen molar-refractivity contribution >= 4 is 23.7 Å². The molecular weight excluding hydrogens is 331 g/mol. The topological polar surface area (TPSA) is 43.4 Å². The number of hydrogen-bond acceptors (Lipinski definition) is 3. The third-order valence-corrected chi connectivity index (χ3v) is 8.22. The summed E-state index contributed by atoms with van der Waals surface area (Å²) in [5.41, 5.74) is 0. The van der Waals surface area contributed by atoms with Gasteiger partial charge in [0.05, 0.1) is 0 Å². The molecule has 0 saturated heterocycles. The summed E-state index contributed by atoms with van der Waals surface area (Å²) in [6.45, 7) is 3.29. The molecular formula is C21H21O3P. The van der Waals surface area contributed by atoms with Gasteiger partial charge in [-0.2, -0.15) is 0 Å². The summed E-state index contributed by atoms with van der Waals surface area (Å²) in [6.07, 6.45) is 7.41. The number of esters is 1. The van der Waals surface area contributed by atoms with Crippen molar-refractivity contribution in [1.29, 1.82) is 0 Å². The van der Waals surface area contributed by atoms with Crippen LogP contribution in [0.4, 0.5) is 0 Å². The Bertz CT molecular complexity index is 812. The molecule has 128 valence electrons. The third-order valence-electron chi connectivity index (χ3n) is 4.54. The van der Waals surface area contributed by atoms with Gasteiger partial charge < -0.3 is 9.30 Å². The van der Waals surface area contributed by atoms with Crippen LogP contribution < -0.4 is 10.6 Å². The van der Waals surface area contributed by atoms with Crippen LogP contribution in [0.15, 0.2) is 85.0 Å². The molecule has 2 aromatic rings. The summed E-state index contributed by atoms with van der Waals surface area (Å²) >= 11 is 0. The first-order valence-electron chi connectivity index (χ1n) is 8.28. The summed E-state index contributed by atoms with van der Waals surface area (Å²) in [6, 6.07) is 18.6. The smallest absolute Gasteiger partial charge is 0.304 e. The summed E-state index contributed by atoms with van der Waals surface area (Å²) in [7, 11) is -3.32. The van der Waals surface area contributed by atoms with Gasteiger partial charge in [0.1, 0.15) is 0 Å². The van der Waals surface area contributed by atoms with Gasteiger partial charge in [0, 0.05) is 23.5 Å². The number of rotatable bonds is 4. The highest BCUT2D eigenvalue weighted by atomic mass is 31.2. The van der Waals surface area contributed by atoms with Gasteiger partial charge in [-0.1, -0.05) is 85.8 Å². The molecule has 0 N–H and O–H groups in total. The van der Waals surface area contributed by atoms with E-state index in [1.165, 1.54) is 6.92 Å². The van der Waals surface area contributed by atoms with Gasteiger partial charge in [-0.05, 0) is 6.08 Å². The molecule has 0 bridgehead atoms. The number of ether oxygens (including phenoxy) is 1. The van der Waals surface area contributed by atoms with Crippen LogP contribution in [0.5, 0.6) is 0 Å². The molecule has 0 radical (unpaired) electrons. The maximum absolute atomic E-state index is 14.7. The first kappa shape index (κ1) is 17.4. The second kappa shape index (κ2) is 6.85.